The number of nitrogens with one attached hydrogen (secondary N) is 3. The number of ether oxygens (including phenoxy) is 2. The van der Waals surface area contributed by atoms with Gasteiger partial charge in [0.15, 0.2) is 0 Å². The van der Waals surface area contributed by atoms with E-state index in [2.05, 4.69) is 30.9 Å². The minimum Gasteiger partial charge on any atom is -0.508 e. The summed E-state index contributed by atoms with van der Waals surface area (Å²) in [6.07, 6.45) is 4.54. The van der Waals surface area contributed by atoms with Gasteiger partial charge >= 0.3 is 0 Å². The summed E-state index contributed by atoms with van der Waals surface area (Å²) >= 11 is 5.63. The molecule has 0 spiro atoms. The molecule has 0 unspecified atom stereocenters. The third kappa shape index (κ3) is 18.7. The topological polar surface area (TPSA) is 306 Å². The predicted molar refractivity (Wildman–Crippen MR) is 247 cm³/mol. The Balaban J connectivity index is 0.000000224. The van der Waals surface area contributed by atoms with Crippen LogP contribution in [0.15, 0.2) is 152 Å². The first-order valence-corrected chi connectivity index (χ1v) is 19.2. The van der Waals surface area contributed by atoms with Gasteiger partial charge in [0, 0.05) is 86.1 Å². The second-order valence-electron chi connectivity index (χ2n) is 12.6. The predicted octanol–water partition coefficient (Wildman–Crippen LogP) is 7.00. The molecule has 0 atom stereocenters. The summed E-state index contributed by atoms with van der Waals surface area (Å²) in [5.74, 6) is 1.77. The Hall–Kier alpha value is -8.97. The first-order valence-electron chi connectivity index (χ1n) is 18.8. The smallest absolute Gasteiger partial charge is 0.273 e. The van der Waals surface area contributed by atoms with E-state index >= 15 is 0 Å². The first kappa shape index (κ1) is 50.4. The Bertz CT molecular complexity index is 2620. The molecule has 0 aliphatic carbocycles. The Kier molecular flexibility index (Phi) is 20.5. The van der Waals surface area contributed by atoms with E-state index in [1.807, 2.05) is 0 Å². The number of amides is 3. The fourth-order valence-corrected chi connectivity index (χ4v) is 4.74. The van der Waals surface area contributed by atoms with Crippen molar-refractivity contribution in [2.45, 2.75) is 0 Å². The number of halogens is 1. The molecular formula is C45H45ClN10O9. The van der Waals surface area contributed by atoms with Crippen LogP contribution in [0.2, 0.25) is 5.02 Å². The Morgan fingerprint density at radius 2 is 0.985 bits per heavy atom. The number of carbonyl (C=O) groups excluding carboxylic acids is 3. The molecule has 0 saturated heterocycles. The Morgan fingerprint density at radius 3 is 1.42 bits per heavy atom. The standard InChI is InChI=1S/2C13H13N3O2.C7H7ClN2O.C6H5NO3.C6H7NO/c1-15-13(17)12-8-11(6-7-16-12)18-10-4-2-9(14)3-5-10;1-15-13(17)12-8-11(5-6-16-12)18-10-4-2-3-9(14)7-10;1-9-7(11)6-4-5(8)2-3-10-6;8-6-3-1-2-5(4-6)7(9)10;7-5-1-3-6(8)4-2-5/h2*2-8H,14H2,1H3,(H,15,17);2-4H,1H3,(H,9,11);1-4,8H;1-4,8H,7H2. The van der Waals surface area contributed by atoms with Gasteiger partial charge in [-0.05, 0) is 91.0 Å². The van der Waals surface area contributed by atoms with Gasteiger partial charge in [-0.2, -0.15) is 0 Å². The number of non-ortho nitro benzene ring substituents is 1. The van der Waals surface area contributed by atoms with Crippen LogP contribution < -0.4 is 42.6 Å². The Morgan fingerprint density at radius 1 is 0.538 bits per heavy atom. The lowest BCUT2D eigenvalue weighted by Crippen LogP contribution is -2.18. The number of phenols is 2. The van der Waals surface area contributed by atoms with Gasteiger partial charge in [-0.1, -0.05) is 23.7 Å². The normalized spacial score (nSPS) is 9.54. The van der Waals surface area contributed by atoms with Crippen molar-refractivity contribution in [1.82, 2.24) is 30.9 Å². The summed E-state index contributed by atoms with van der Waals surface area (Å²) in [7, 11) is 4.65. The molecule has 4 aromatic carbocycles. The second kappa shape index (κ2) is 26.4. The van der Waals surface area contributed by atoms with E-state index in [1.54, 1.807) is 124 Å². The third-order valence-electron chi connectivity index (χ3n) is 7.71. The van der Waals surface area contributed by atoms with Crippen molar-refractivity contribution in [3.8, 4) is 34.5 Å². The van der Waals surface area contributed by atoms with Gasteiger partial charge in [-0.3, -0.25) is 39.4 Å². The number of rotatable bonds is 8. The zero-order valence-corrected chi connectivity index (χ0v) is 35.8. The lowest BCUT2D eigenvalue weighted by atomic mass is 10.3. The van der Waals surface area contributed by atoms with Gasteiger partial charge in [-0.25, -0.2) is 0 Å². The summed E-state index contributed by atoms with van der Waals surface area (Å²) in [4.78, 5) is 55.0. The van der Waals surface area contributed by atoms with Crippen molar-refractivity contribution in [3.63, 3.8) is 0 Å². The maximum Gasteiger partial charge on any atom is 0.273 e. The average molecular weight is 905 g/mol. The van der Waals surface area contributed by atoms with E-state index in [4.69, 9.17) is 48.5 Å². The van der Waals surface area contributed by atoms with Crippen molar-refractivity contribution < 1.29 is 39.0 Å². The van der Waals surface area contributed by atoms with Crippen LogP contribution >= 0.6 is 11.6 Å². The molecule has 7 rings (SSSR count). The van der Waals surface area contributed by atoms with Crippen LogP contribution in [0.5, 0.6) is 34.5 Å². The highest BCUT2D eigenvalue weighted by Gasteiger charge is 2.08. The molecule has 20 heteroatoms. The number of anilines is 3. The number of nitrogen functional groups attached to an aromatic ring is 3. The highest BCUT2D eigenvalue weighted by Crippen LogP contribution is 2.24. The number of aromatic hydroxyl groups is 2. The van der Waals surface area contributed by atoms with Crippen LogP contribution in [0.3, 0.4) is 0 Å². The maximum atomic E-state index is 11.4. The van der Waals surface area contributed by atoms with Gasteiger partial charge < -0.3 is 52.8 Å². The van der Waals surface area contributed by atoms with Crippen LogP contribution in [0.1, 0.15) is 31.5 Å². The molecule has 0 aliphatic rings. The summed E-state index contributed by atoms with van der Waals surface area (Å²) in [6, 6.07) is 35.3. The minimum absolute atomic E-state index is 0.0887. The molecule has 336 valence electrons. The van der Waals surface area contributed by atoms with E-state index in [-0.39, 0.29) is 34.9 Å². The molecule has 0 aliphatic heterocycles. The molecule has 3 aromatic heterocycles. The molecule has 11 N–H and O–H groups in total. The Labute approximate surface area is 378 Å². The van der Waals surface area contributed by atoms with Crippen molar-refractivity contribution >= 4 is 52.1 Å². The number of hydrogen-bond donors (Lipinski definition) is 8. The van der Waals surface area contributed by atoms with Gasteiger partial charge in [0.05, 0.1) is 11.0 Å². The quantitative estimate of drug-likeness (QED) is 0.0329. The molecule has 0 fully saturated rings. The van der Waals surface area contributed by atoms with E-state index in [9.17, 15) is 24.5 Å². The molecular weight excluding hydrogens is 860 g/mol. The first-order chi connectivity index (χ1) is 31.1. The highest BCUT2D eigenvalue weighted by molar-refractivity contribution is 6.30. The highest BCUT2D eigenvalue weighted by atomic mass is 35.5. The lowest BCUT2D eigenvalue weighted by Gasteiger charge is -2.07. The van der Waals surface area contributed by atoms with E-state index in [1.165, 1.54) is 42.9 Å². The zero-order valence-electron chi connectivity index (χ0n) is 35.1. The van der Waals surface area contributed by atoms with E-state index in [0.717, 1.165) is 6.07 Å². The number of phenolic OH excluding ortho intramolecular Hbond substituents is 2. The number of nitro groups is 1. The van der Waals surface area contributed by atoms with Crippen LogP contribution in [-0.2, 0) is 0 Å². The van der Waals surface area contributed by atoms with Crippen molar-refractivity contribution in [2.24, 2.45) is 0 Å². The number of benzene rings is 4. The molecule has 65 heavy (non-hydrogen) atoms. The molecule has 0 radical (unpaired) electrons. The summed E-state index contributed by atoms with van der Waals surface area (Å²) in [6.45, 7) is 0. The molecule has 3 amide bonds. The average Bonchev–Trinajstić information content (AvgIpc) is 3.31. The minimum atomic E-state index is -0.556. The third-order valence-corrected chi connectivity index (χ3v) is 7.94. The van der Waals surface area contributed by atoms with Crippen LogP contribution in [-0.4, -0.2) is 69.0 Å². The van der Waals surface area contributed by atoms with Gasteiger partial charge in [-0.15, -0.1) is 0 Å². The monoisotopic (exact) mass is 904 g/mol. The van der Waals surface area contributed by atoms with Gasteiger partial charge in [0.25, 0.3) is 23.4 Å². The van der Waals surface area contributed by atoms with Crippen LogP contribution in [0.25, 0.3) is 0 Å². The number of hydrogen-bond acceptors (Lipinski definition) is 15. The zero-order chi connectivity index (χ0) is 47.7. The largest absolute Gasteiger partial charge is 0.508 e. The molecule has 0 bridgehead atoms. The van der Waals surface area contributed by atoms with Crippen molar-refractivity contribution in [3.05, 3.63) is 184 Å². The fourth-order valence-electron chi connectivity index (χ4n) is 4.58. The number of aromatic nitrogens is 3. The van der Waals surface area contributed by atoms with Crippen molar-refractivity contribution in [1.29, 1.82) is 0 Å². The maximum absolute atomic E-state index is 11.4. The number of carbonyl (C=O) groups is 3. The van der Waals surface area contributed by atoms with Gasteiger partial charge in [0.2, 0.25) is 0 Å². The molecule has 3 heterocycles. The number of nitro benzene ring substituents is 1. The number of nitrogens with zero attached hydrogens (tertiary/aromatic N) is 4. The second-order valence-corrected chi connectivity index (χ2v) is 13.0. The summed E-state index contributed by atoms with van der Waals surface area (Å²) in [5.41, 5.74) is 19.4. The van der Waals surface area contributed by atoms with Gasteiger partial charge in [0.1, 0.15) is 51.6 Å². The number of nitrogens with two attached hydrogens (primary N) is 3. The van der Waals surface area contributed by atoms with Crippen LogP contribution in [0, 0.1) is 10.1 Å². The number of pyridine rings is 3. The molecule has 7 aromatic rings. The van der Waals surface area contributed by atoms with Crippen molar-refractivity contribution in [2.75, 3.05) is 38.3 Å². The molecule has 0 saturated carbocycles. The van der Waals surface area contributed by atoms with Crippen LogP contribution in [0.4, 0.5) is 22.7 Å². The molecule has 19 nitrogen and oxygen atoms in total. The SMILES string of the molecule is CNC(=O)c1cc(Cl)ccn1.CNC(=O)c1cc(Oc2ccc(N)cc2)ccn1.CNC(=O)c1cc(Oc2cccc(N)c2)ccn1.Nc1ccc(O)cc1.O=[N+]([O-])c1cccc(O)c1. The summed E-state index contributed by atoms with van der Waals surface area (Å²) in [5, 5.41) is 35.5. The lowest BCUT2D eigenvalue weighted by molar-refractivity contribution is -0.384. The van der Waals surface area contributed by atoms with E-state index in [0.29, 0.717) is 62.2 Å². The fraction of sp³-hybridized carbons (Fsp3) is 0.0667. The van der Waals surface area contributed by atoms with E-state index < -0.39 is 4.92 Å². The summed E-state index contributed by atoms with van der Waals surface area (Å²) < 4.78 is 11.2.